The van der Waals surface area contributed by atoms with E-state index in [-0.39, 0.29) is 26.4 Å². The van der Waals surface area contributed by atoms with E-state index in [4.69, 9.17) is 45.3 Å². The van der Waals surface area contributed by atoms with E-state index in [0.29, 0.717) is 11.3 Å². The first-order valence-corrected chi connectivity index (χ1v) is 7.97. The highest BCUT2D eigenvalue weighted by Crippen LogP contribution is 2.31. The van der Waals surface area contributed by atoms with Crippen molar-refractivity contribution in [1.29, 1.82) is 0 Å². The molecule has 0 heterocycles. The Morgan fingerprint density at radius 3 is 2.32 bits per heavy atom. The summed E-state index contributed by atoms with van der Waals surface area (Å²) < 4.78 is 5.06. The summed E-state index contributed by atoms with van der Waals surface area (Å²) in [7, 11) is 1.49. The van der Waals surface area contributed by atoms with Gasteiger partial charge in [-0.25, -0.2) is 4.79 Å². The normalized spacial score (nSPS) is 10.0. The van der Waals surface area contributed by atoms with Crippen LogP contribution in [0.2, 0.25) is 10.0 Å². The second-order valence-electron chi connectivity index (χ2n) is 4.76. The molecule has 0 saturated carbocycles. The van der Waals surface area contributed by atoms with Gasteiger partial charge in [-0.15, -0.1) is 0 Å². The van der Waals surface area contributed by atoms with Crippen LogP contribution in [0.25, 0.3) is 0 Å². The molecule has 0 atom stereocenters. The zero-order valence-corrected chi connectivity index (χ0v) is 15.1. The van der Waals surface area contributed by atoms with Crippen molar-refractivity contribution in [3.63, 3.8) is 0 Å². The zero-order valence-electron chi connectivity index (χ0n) is 12.8. The number of halogens is 2. The fraction of sp³-hybridized carbons (Fsp3) is 0.0625. The predicted octanol–water partition coefficient (Wildman–Crippen LogP) is 3.83. The second-order valence-corrected chi connectivity index (χ2v) is 5.98. The molecule has 0 fully saturated rings. The van der Waals surface area contributed by atoms with Gasteiger partial charge in [0.05, 0.1) is 28.4 Å². The highest BCUT2D eigenvalue weighted by Gasteiger charge is 2.15. The van der Waals surface area contributed by atoms with Crippen LogP contribution in [0, 0.1) is 0 Å². The lowest BCUT2D eigenvalue weighted by Gasteiger charge is -2.13. The Hall–Kier alpha value is -2.35. The fourth-order valence-corrected chi connectivity index (χ4v) is 2.68. The van der Waals surface area contributed by atoms with Gasteiger partial charge in [0, 0.05) is 5.56 Å². The van der Waals surface area contributed by atoms with Gasteiger partial charge in [-0.2, -0.15) is 0 Å². The Morgan fingerprint density at radius 2 is 1.76 bits per heavy atom. The average Bonchev–Trinajstić information content (AvgIpc) is 2.57. The minimum atomic E-state index is -1.16. The van der Waals surface area contributed by atoms with Crippen LogP contribution in [-0.4, -0.2) is 29.2 Å². The van der Waals surface area contributed by atoms with Gasteiger partial charge >= 0.3 is 5.97 Å². The molecule has 2 aromatic rings. The van der Waals surface area contributed by atoms with Crippen LogP contribution in [0.4, 0.5) is 5.69 Å². The largest absolute Gasteiger partial charge is 0.497 e. The maximum absolute atomic E-state index is 12.2. The van der Waals surface area contributed by atoms with E-state index in [0.717, 1.165) is 0 Å². The van der Waals surface area contributed by atoms with Crippen molar-refractivity contribution in [3.8, 4) is 5.75 Å². The molecule has 0 saturated heterocycles. The number of ether oxygens (including phenoxy) is 1. The van der Waals surface area contributed by atoms with E-state index in [9.17, 15) is 9.59 Å². The number of carboxylic acids is 1. The molecule has 2 rings (SSSR count). The maximum Gasteiger partial charge on any atom is 0.335 e. The summed E-state index contributed by atoms with van der Waals surface area (Å²) in [5.41, 5.74) is 0.484. The van der Waals surface area contributed by atoms with E-state index in [1.807, 2.05) is 0 Å². The van der Waals surface area contributed by atoms with Crippen LogP contribution in [0.3, 0.4) is 0 Å². The summed E-state index contributed by atoms with van der Waals surface area (Å²) in [5, 5.41) is 14.2. The molecule has 6 nitrogen and oxygen atoms in total. The summed E-state index contributed by atoms with van der Waals surface area (Å²) in [6.45, 7) is 0. The molecule has 2 aromatic carbocycles. The number of aromatic carboxylic acids is 1. The standard InChI is InChI=1S/C16H12Cl2N2O4S/c1-24-10-4-2-3-8(5-10)14(21)20-16(25)19-13-11(17)6-9(15(22)23)7-12(13)18/h2-7H,1H3,(H,22,23)(H2,19,20,21,25). The van der Waals surface area contributed by atoms with Gasteiger partial charge < -0.3 is 15.2 Å². The number of hydrogen-bond donors (Lipinski definition) is 3. The van der Waals surface area contributed by atoms with E-state index < -0.39 is 11.9 Å². The van der Waals surface area contributed by atoms with Crippen LogP contribution in [0.5, 0.6) is 5.75 Å². The van der Waals surface area contributed by atoms with Crippen molar-refractivity contribution in [2.75, 3.05) is 12.4 Å². The number of methoxy groups -OCH3 is 1. The molecule has 130 valence electrons. The molecular formula is C16H12Cl2N2O4S. The molecule has 0 aliphatic heterocycles. The lowest BCUT2D eigenvalue weighted by molar-refractivity contribution is 0.0696. The highest BCUT2D eigenvalue weighted by molar-refractivity contribution is 7.80. The first-order chi connectivity index (χ1) is 11.8. The first kappa shape index (κ1) is 19.0. The summed E-state index contributed by atoms with van der Waals surface area (Å²) in [6.07, 6.45) is 0. The van der Waals surface area contributed by atoms with Crippen molar-refractivity contribution in [1.82, 2.24) is 5.32 Å². The predicted molar refractivity (Wildman–Crippen MR) is 100 cm³/mol. The third-order valence-corrected chi connectivity index (χ3v) is 3.89. The summed E-state index contributed by atoms with van der Waals surface area (Å²) in [5.74, 6) is -1.09. The number of thiocarbonyl (C=S) groups is 1. The van der Waals surface area contributed by atoms with Crippen LogP contribution >= 0.6 is 35.4 Å². The Morgan fingerprint density at radius 1 is 1.12 bits per heavy atom. The lowest BCUT2D eigenvalue weighted by atomic mass is 10.2. The lowest BCUT2D eigenvalue weighted by Crippen LogP contribution is -2.34. The smallest absolute Gasteiger partial charge is 0.335 e. The molecule has 0 bridgehead atoms. The van der Waals surface area contributed by atoms with Crippen LogP contribution < -0.4 is 15.4 Å². The Balaban J connectivity index is 2.12. The van der Waals surface area contributed by atoms with Gasteiger partial charge in [0.15, 0.2) is 5.11 Å². The van der Waals surface area contributed by atoms with Crippen LogP contribution in [0.1, 0.15) is 20.7 Å². The van der Waals surface area contributed by atoms with Gasteiger partial charge in [-0.05, 0) is 42.5 Å². The molecule has 0 radical (unpaired) electrons. The van der Waals surface area contributed by atoms with Gasteiger partial charge in [0.1, 0.15) is 5.75 Å². The third-order valence-electron chi connectivity index (χ3n) is 3.09. The first-order valence-electron chi connectivity index (χ1n) is 6.80. The molecular weight excluding hydrogens is 387 g/mol. The van der Waals surface area contributed by atoms with E-state index >= 15 is 0 Å². The number of carbonyl (C=O) groups excluding carboxylic acids is 1. The van der Waals surface area contributed by atoms with Crippen LogP contribution in [-0.2, 0) is 0 Å². The molecule has 0 unspecified atom stereocenters. The summed E-state index contributed by atoms with van der Waals surface area (Å²) >= 11 is 17.1. The van der Waals surface area contributed by atoms with E-state index in [1.54, 1.807) is 24.3 Å². The quantitative estimate of drug-likeness (QED) is 0.678. The fourth-order valence-electron chi connectivity index (χ4n) is 1.90. The number of hydrogen-bond acceptors (Lipinski definition) is 4. The number of anilines is 1. The second kappa shape index (κ2) is 8.15. The minimum Gasteiger partial charge on any atom is -0.497 e. The average molecular weight is 399 g/mol. The van der Waals surface area contributed by atoms with Crippen molar-refractivity contribution >= 4 is 58.1 Å². The van der Waals surface area contributed by atoms with Crippen molar-refractivity contribution in [3.05, 3.63) is 57.6 Å². The maximum atomic E-state index is 12.2. The number of rotatable bonds is 4. The Labute approximate surface area is 158 Å². The van der Waals surface area contributed by atoms with Crippen LogP contribution in [0.15, 0.2) is 36.4 Å². The monoisotopic (exact) mass is 398 g/mol. The Bertz CT molecular complexity index is 835. The summed E-state index contributed by atoms with van der Waals surface area (Å²) in [4.78, 5) is 23.2. The number of amides is 1. The number of carboxylic acid groups (broad SMARTS) is 1. The summed E-state index contributed by atoms with van der Waals surface area (Å²) in [6, 6.07) is 8.98. The zero-order chi connectivity index (χ0) is 18.6. The highest BCUT2D eigenvalue weighted by atomic mass is 35.5. The SMILES string of the molecule is COc1cccc(C(=O)NC(=S)Nc2c(Cl)cc(C(=O)O)cc2Cl)c1. The van der Waals surface area contributed by atoms with E-state index in [2.05, 4.69) is 10.6 Å². The third kappa shape index (κ3) is 4.82. The molecule has 0 aliphatic rings. The van der Waals surface area contributed by atoms with Gasteiger partial charge in [-0.1, -0.05) is 29.3 Å². The van der Waals surface area contributed by atoms with Gasteiger partial charge in [0.2, 0.25) is 0 Å². The molecule has 0 spiro atoms. The Kier molecular flexibility index (Phi) is 6.19. The molecule has 0 aromatic heterocycles. The topological polar surface area (TPSA) is 87.7 Å². The van der Waals surface area contributed by atoms with Gasteiger partial charge in [0.25, 0.3) is 5.91 Å². The molecule has 25 heavy (non-hydrogen) atoms. The van der Waals surface area contributed by atoms with Crippen molar-refractivity contribution in [2.24, 2.45) is 0 Å². The molecule has 0 aliphatic carbocycles. The molecule has 1 amide bonds. The molecule has 9 heteroatoms. The minimum absolute atomic E-state index is 0.0419. The number of nitrogens with one attached hydrogen (secondary N) is 2. The number of benzene rings is 2. The number of carbonyl (C=O) groups is 2. The van der Waals surface area contributed by atoms with Crippen molar-refractivity contribution < 1.29 is 19.4 Å². The van der Waals surface area contributed by atoms with Gasteiger partial charge in [-0.3, -0.25) is 10.1 Å². The van der Waals surface area contributed by atoms with E-state index in [1.165, 1.54) is 19.2 Å². The molecule has 3 N–H and O–H groups in total. The van der Waals surface area contributed by atoms with Crippen molar-refractivity contribution in [2.45, 2.75) is 0 Å².